The molecule has 0 saturated carbocycles. The Morgan fingerprint density at radius 3 is 2.33 bits per heavy atom. The minimum atomic E-state index is 0.434. The average molecular weight is 283 g/mol. The first-order valence-corrected chi connectivity index (χ1v) is 7.55. The number of nitrogens with two attached hydrogens (primary N) is 1. The van der Waals surface area contributed by atoms with E-state index in [1.165, 1.54) is 16.7 Å². The van der Waals surface area contributed by atoms with Gasteiger partial charge in [0.25, 0.3) is 0 Å². The summed E-state index contributed by atoms with van der Waals surface area (Å²) in [5, 5.41) is 0. The highest BCUT2D eigenvalue weighted by atomic mass is 15.1. The number of hydrogen-bond acceptors (Lipinski definition) is 3. The van der Waals surface area contributed by atoms with E-state index in [4.69, 9.17) is 5.73 Å². The van der Waals surface area contributed by atoms with Crippen molar-refractivity contribution in [3.8, 4) is 0 Å². The third-order valence-corrected chi connectivity index (χ3v) is 3.89. The zero-order valence-corrected chi connectivity index (χ0v) is 13.0. The summed E-state index contributed by atoms with van der Waals surface area (Å²) in [5.41, 5.74) is 9.71. The summed E-state index contributed by atoms with van der Waals surface area (Å²) in [6, 6.07) is 13.0. The lowest BCUT2D eigenvalue weighted by molar-refractivity contribution is 0.331. The highest BCUT2D eigenvalue weighted by Crippen LogP contribution is 2.15. The molecule has 21 heavy (non-hydrogen) atoms. The Labute approximate surface area is 127 Å². The summed E-state index contributed by atoms with van der Waals surface area (Å²) in [6.07, 6.45) is 4.76. The van der Waals surface area contributed by atoms with Crippen LogP contribution in [-0.2, 0) is 13.0 Å². The van der Waals surface area contributed by atoms with Gasteiger partial charge in [-0.15, -0.1) is 0 Å². The van der Waals surface area contributed by atoms with Gasteiger partial charge >= 0.3 is 0 Å². The summed E-state index contributed by atoms with van der Waals surface area (Å²) in [5.74, 6) is 0.434. The van der Waals surface area contributed by atoms with Crippen molar-refractivity contribution in [2.24, 2.45) is 5.73 Å². The van der Waals surface area contributed by atoms with Crippen molar-refractivity contribution in [1.29, 1.82) is 0 Å². The monoisotopic (exact) mass is 283 g/mol. The minimum absolute atomic E-state index is 0.434. The van der Waals surface area contributed by atoms with Crippen molar-refractivity contribution in [2.75, 3.05) is 20.1 Å². The molecule has 3 nitrogen and oxygen atoms in total. The van der Waals surface area contributed by atoms with Gasteiger partial charge in [-0.3, -0.25) is 4.98 Å². The highest BCUT2D eigenvalue weighted by Gasteiger charge is 2.04. The Kier molecular flexibility index (Phi) is 5.90. The fraction of sp³-hybridized carbons (Fsp3) is 0.389. The molecule has 0 amide bonds. The van der Waals surface area contributed by atoms with E-state index in [1.54, 1.807) is 0 Å². The van der Waals surface area contributed by atoms with E-state index in [-0.39, 0.29) is 0 Å². The molecular formula is C18H25N3. The summed E-state index contributed by atoms with van der Waals surface area (Å²) in [4.78, 5) is 6.40. The van der Waals surface area contributed by atoms with Crippen molar-refractivity contribution in [3.05, 3.63) is 65.5 Å². The van der Waals surface area contributed by atoms with Crippen LogP contribution in [0.2, 0.25) is 0 Å². The maximum atomic E-state index is 5.70. The molecule has 2 aromatic rings. The normalized spacial score (nSPS) is 12.6. The quantitative estimate of drug-likeness (QED) is 0.849. The zero-order chi connectivity index (χ0) is 15.1. The van der Waals surface area contributed by atoms with Crippen LogP contribution in [0.25, 0.3) is 0 Å². The number of benzene rings is 1. The third kappa shape index (κ3) is 4.96. The van der Waals surface area contributed by atoms with Crippen molar-refractivity contribution in [3.63, 3.8) is 0 Å². The molecule has 1 unspecified atom stereocenters. The SMILES string of the molecule is CC(CN)c1ccc(CN(C)CCc2ccncc2)cc1. The van der Waals surface area contributed by atoms with Gasteiger partial charge in [0, 0.05) is 25.5 Å². The molecule has 0 spiro atoms. The molecule has 0 aliphatic carbocycles. The van der Waals surface area contributed by atoms with Gasteiger partial charge < -0.3 is 10.6 Å². The van der Waals surface area contributed by atoms with Gasteiger partial charge in [-0.1, -0.05) is 31.2 Å². The van der Waals surface area contributed by atoms with E-state index in [1.807, 2.05) is 12.4 Å². The van der Waals surface area contributed by atoms with E-state index in [0.717, 1.165) is 19.5 Å². The highest BCUT2D eigenvalue weighted by molar-refractivity contribution is 5.25. The van der Waals surface area contributed by atoms with Crippen LogP contribution in [0, 0.1) is 0 Å². The summed E-state index contributed by atoms with van der Waals surface area (Å²) >= 11 is 0. The van der Waals surface area contributed by atoms with Crippen LogP contribution in [0.15, 0.2) is 48.8 Å². The van der Waals surface area contributed by atoms with Crippen molar-refractivity contribution < 1.29 is 0 Å². The maximum absolute atomic E-state index is 5.70. The predicted molar refractivity (Wildman–Crippen MR) is 88.2 cm³/mol. The Morgan fingerprint density at radius 1 is 1.05 bits per heavy atom. The van der Waals surface area contributed by atoms with Crippen LogP contribution in [-0.4, -0.2) is 30.0 Å². The van der Waals surface area contributed by atoms with Crippen LogP contribution >= 0.6 is 0 Å². The fourth-order valence-electron chi connectivity index (χ4n) is 2.35. The van der Waals surface area contributed by atoms with E-state index >= 15 is 0 Å². The second kappa shape index (κ2) is 7.91. The largest absolute Gasteiger partial charge is 0.330 e. The smallest absolute Gasteiger partial charge is 0.0270 e. The van der Waals surface area contributed by atoms with E-state index in [2.05, 4.69) is 60.3 Å². The Balaban J connectivity index is 1.83. The van der Waals surface area contributed by atoms with Crippen molar-refractivity contribution in [1.82, 2.24) is 9.88 Å². The molecule has 2 N–H and O–H groups in total. The number of nitrogens with zero attached hydrogens (tertiary/aromatic N) is 2. The minimum Gasteiger partial charge on any atom is -0.330 e. The van der Waals surface area contributed by atoms with E-state index < -0.39 is 0 Å². The zero-order valence-electron chi connectivity index (χ0n) is 13.0. The lowest BCUT2D eigenvalue weighted by Crippen LogP contribution is -2.20. The molecule has 1 heterocycles. The number of pyridine rings is 1. The molecular weight excluding hydrogens is 258 g/mol. The first-order valence-electron chi connectivity index (χ1n) is 7.55. The first-order chi connectivity index (χ1) is 10.2. The summed E-state index contributed by atoms with van der Waals surface area (Å²) < 4.78 is 0. The summed E-state index contributed by atoms with van der Waals surface area (Å²) in [7, 11) is 2.16. The molecule has 0 fully saturated rings. The van der Waals surface area contributed by atoms with Gasteiger partial charge in [0.1, 0.15) is 0 Å². The number of hydrogen-bond donors (Lipinski definition) is 1. The molecule has 1 aromatic carbocycles. The number of likely N-dealkylation sites (N-methyl/N-ethyl adjacent to an activating group) is 1. The summed E-state index contributed by atoms with van der Waals surface area (Å²) in [6.45, 7) is 4.88. The second-order valence-corrected chi connectivity index (χ2v) is 5.72. The Bertz CT molecular complexity index is 522. The van der Waals surface area contributed by atoms with Crippen LogP contribution in [0.5, 0.6) is 0 Å². The standard InChI is InChI=1S/C18H25N3/c1-15(13-19)18-5-3-17(4-6-18)14-21(2)12-9-16-7-10-20-11-8-16/h3-8,10-11,15H,9,12-14,19H2,1-2H3. The predicted octanol–water partition coefficient (Wildman–Crippen LogP) is 2.82. The van der Waals surface area contributed by atoms with Gasteiger partial charge in [-0.25, -0.2) is 0 Å². The fourth-order valence-corrected chi connectivity index (χ4v) is 2.35. The number of rotatable bonds is 7. The van der Waals surface area contributed by atoms with E-state index in [0.29, 0.717) is 12.5 Å². The molecule has 1 aromatic heterocycles. The van der Waals surface area contributed by atoms with Crippen LogP contribution in [0.3, 0.4) is 0 Å². The molecule has 0 bridgehead atoms. The maximum Gasteiger partial charge on any atom is 0.0270 e. The van der Waals surface area contributed by atoms with Gasteiger partial charge in [0.2, 0.25) is 0 Å². The Hall–Kier alpha value is -1.71. The lowest BCUT2D eigenvalue weighted by Gasteiger charge is -2.17. The molecule has 112 valence electrons. The molecule has 0 aliphatic heterocycles. The van der Waals surface area contributed by atoms with Crippen LogP contribution in [0.4, 0.5) is 0 Å². The van der Waals surface area contributed by atoms with E-state index in [9.17, 15) is 0 Å². The molecule has 0 radical (unpaired) electrons. The van der Waals surface area contributed by atoms with Gasteiger partial charge in [0.05, 0.1) is 0 Å². The van der Waals surface area contributed by atoms with Gasteiger partial charge in [0.15, 0.2) is 0 Å². The second-order valence-electron chi connectivity index (χ2n) is 5.72. The molecule has 1 atom stereocenters. The Morgan fingerprint density at radius 2 is 1.71 bits per heavy atom. The van der Waals surface area contributed by atoms with Gasteiger partial charge in [-0.2, -0.15) is 0 Å². The topological polar surface area (TPSA) is 42.1 Å². The molecule has 0 aliphatic rings. The van der Waals surface area contributed by atoms with Crippen LogP contribution < -0.4 is 5.73 Å². The van der Waals surface area contributed by atoms with Gasteiger partial charge in [-0.05, 0) is 54.8 Å². The molecule has 3 heteroatoms. The lowest BCUT2D eigenvalue weighted by atomic mass is 10.00. The molecule has 2 rings (SSSR count). The van der Waals surface area contributed by atoms with Crippen molar-refractivity contribution in [2.45, 2.75) is 25.8 Å². The first kappa shape index (κ1) is 15.7. The van der Waals surface area contributed by atoms with Crippen molar-refractivity contribution >= 4 is 0 Å². The van der Waals surface area contributed by atoms with Crippen LogP contribution in [0.1, 0.15) is 29.5 Å². The third-order valence-electron chi connectivity index (χ3n) is 3.89. The average Bonchev–Trinajstić information content (AvgIpc) is 2.54. The number of aromatic nitrogens is 1. The molecule has 0 saturated heterocycles.